The number of aromatic nitrogens is 1. The summed E-state index contributed by atoms with van der Waals surface area (Å²) in [6.07, 6.45) is -2.53. The van der Waals surface area contributed by atoms with Crippen LogP contribution in [0.15, 0.2) is 40.9 Å². The van der Waals surface area contributed by atoms with E-state index in [1.807, 2.05) is 57.7 Å². The van der Waals surface area contributed by atoms with Crippen LogP contribution in [0.25, 0.3) is 11.1 Å². The molecule has 10 heteroatoms. The predicted octanol–water partition coefficient (Wildman–Crippen LogP) is 7.98. The van der Waals surface area contributed by atoms with Crippen LogP contribution in [0, 0.1) is 37.5 Å². The molecule has 0 amide bonds. The van der Waals surface area contributed by atoms with Crippen molar-refractivity contribution in [1.29, 1.82) is 5.26 Å². The fourth-order valence-electron chi connectivity index (χ4n) is 4.83. The molecule has 220 valence electrons. The van der Waals surface area contributed by atoms with Crippen LogP contribution in [0.1, 0.15) is 67.7 Å². The predicted molar refractivity (Wildman–Crippen MR) is 150 cm³/mol. The van der Waals surface area contributed by atoms with E-state index >= 15 is 0 Å². The molecule has 1 N–H and O–H groups in total. The second kappa shape index (κ2) is 13.2. The molecule has 41 heavy (non-hydrogen) atoms. The Morgan fingerprint density at radius 2 is 1.83 bits per heavy atom. The Morgan fingerprint density at radius 1 is 1.10 bits per heavy atom. The lowest BCUT2D eigenvalue weighted by Gasteiger charge is -2.28. The van der Waals surface area contributed by atoms with Crippen LogP contribution in [-0.2, 0) is 15.7 Å². The highest BCUT2D eigenvalue weighted by atomic mass is 19.4. The number of nitrogens with zero attached hydrogens (tertiary/aromatic N) is 3. The third-order valence-corrected chi connectivity index (χ3v) is 6.86. The number of hydrogen-bond donors (Lipinski definition) is 1. The van der Waals surface area contributed by atoms with E-state index < -0.39 is 28.7 Å². The maximum atomic E-state index is 13.8. The molecule has 0 aliphatic heterocycles. The largest absolute Gasteiger partial charge is 0.481 e. The minimum Gasteiger partial charge on any atom is -0.481 e. The van der Waals surface area contributed by atoms with Gasteiger partial charge in [-0.1, -0.05) is 31.1 Å². The molecule has 0 saturated carbocycles. The van der Waals surface area contributed by atoms with Gasteiger partial charge in [0.25, 0.3) is 0 Å². The third kappa shape index (κ3) is 8.33. The van der Waals surface area contributed by atoms with E-state index in [1.165, 1.54) is 6.07 Å². The summed E-state index contributed by atoms with van der Waals surface area (Å²) < 4.78 is 52.6. The van der Waals surface area contributed by atoms with Gasteiger partial charge in [0, 0.05) is 30.1 Å². The van der Waals surface area contributed by atoms with E-state index in [4.69, 9.17) is 14.4 Å². The summed E-state index contributed by atoms with van der Waals surface area (Å²) in [7, 11) is 0. The summed E-state index contributed by atoms with van der Waals surface area (Å²) in [6, 6.07) is 11.2. The molecular formula is C31H36F3N3O4. The van der Waals surface area contributed by atoms with Gasteiger partial charge >= 0.3 is 12.1 Å². The van der Waals surface area contributed by atoms with E-state index in [9.17, 15) is 23.2 Å². The van der Waals surface area contributed by atoms with Gasteiger partial charge in [0.15, 0.2) is 0 Å². The molecule has 0 aliphatic rings. The van der Waals surface area contributed by atoms with Crippen molar-refractivity contribution >= 4 is 17.3 Å². The summed E-state index contributed by atoms with van der Waals surface area (Å²) in [4.78, 5) is 12.8. The zero-order valence-electron chi connectivity index (χ0n) is 24.1. The molecule has 1 heterocycles. The van der Waals surface area contributed by atoms with Crippen molar-refractivity contribution in [3.05, 3.63) is 64.5 Å². The van der Waals surface area contributed by atoms with Crippen molar-refractivity contribution in [2.45, 2.75) is 66.5 Å². The van der Waals surface area contributed by atoms with E-state index in [0.717, 1.165) is 41.3 Å². The first-order valence-corrected chi connectivity index (χ1v) is 13.5. The summed E-state index contributed by atoms with van der Waals surface area (Å²) >= 11 is 0. The fourth-order valence-corrected chi connectivity index (χ4v) is 4.83. The lowest BCUT2D eigenvalue weighted by molar-refractivity contribution is -0.140. The maximum absolute atomic E-state index is 13.8. The van der Waals surface area contributed by atoms with Crippen molar-refractivity contribution in [3.8, 4) is 17.2 Å². The standard InChI is InChI=1S/C31H36F3N3O4/c1-20-9-10-23(29-21(2)36-41-22(29)3)15-27(20)37(25-12-11-24(18-35)26(16-25)31(32,33)34)13-7-6-8-14-40-19-30(4,5)17-28(38)39/h9-12,15-16H,6-8,13-14,17,19H2,1-5H3,(H,38,39). The van der Waals surface area contributed by atoms with Gasteiger partial charge in [-0.25, -0.2) is 0 Å². The molecule has 3 rings (SSSR count). The van der Waals surface area contributed by atoms with Gasteiger partial charge in [0.2, 0.25) is 0 Å². The zero-order valence-corrected chi connectivity index (χ0v) is 24.1. The van der Waals surface area contributed by atoms with Gasteiger partial charge in [0.1, 0.15) is 5.76 Å². The number of unbranched alkanes of at least 4 members (excludes halogenated alkanes) is 2. The van der Waals surface area contributed by atoms with E-state index in [-0.39, 0.29) is 6.42 Å². The Kier molecular flexibility index (Phi) is 10.2. The number of halogens is 3. The molecular weight excluding hydrogens is 535 g/mol. The Morgan fingerprint density at radius 3 is 2.44 bits per heavy atom. The molecule has 7 nitrogen and oxygen atoms in total. The summed E-state index contributed by atoms with van der Waals surface area (Å²) in [6.45, 7) is 10.4. The zero-order chi connectivity index (χ0) is 30.4. The van der Waals surface area contributed by atoms with Crippen molar-refractivity contribution < 1.29 is 32.3 Å². The Balaban J connectivity index is 1.85. The van der Waals surface area contributed by atoms with Crippen LogP contribution in [0.4, 0.5) is 24.5 Å². The smallest absolute Gasteiger partial charge is 0.417 e. The molecule has 0 spiro atoms. The van der Waals surface area contributed by atoms with Gasteiger partial charge in [-0.2, -0.15) is 18.4 Å². The average Bonchev–Trinajstić information content (AvgIpc) is 3.22. The molecule has 1 aromatic heterocycles. The summed E-state index contributed by atoms with van der Waals surface area (Å²) in [5.74, 6) is -0.225. The van der Waals surface area contributed by atoms with E-state index in [1.54, 1.807) is 12.1 Å². The molecule has 0 fully saturated rings. The number of ether oxygens (including phenoxy) is 1. The van der Waals surface area contributed by atoms with Crippen molar-refractivity contribution in [2.24, 2.45) is 5.41 Å². The Labute approximate surface area is 238 Å². The molecule has 0 unspecified atom stereocenters. The number of anilines is 2. The maximum Gasteiger partial charge on any atom is 0.417 e. The molecule has 0 radical (unpaired) electrons. The van der Waals surface area contributed by atoms with Gasteiger partial charge in [-0.05, 0) is 80.8 Å². The second-order valence-corrected chi connectivity index (χ2v) is 11.0. The quantitative estimate of drug-likeness (QED) is 0.208. The summed E-state index contributed by atoms with van der Waals surface area (Å²) in [5.41, 5.74) is 2.48. The number of carbonyl (C=O) groups is 1. The SMILES string of the molecule is Cc1ccc(-c2c(C)noc2C)cc1N(CCCCCOCC(C)(C)CC(=O)O)c1ccc(C#N)c(C(F)(F)F)c1. The van der Waals surface area contributed by atoms with Crippen LogP contribution in [0.3, 0.4) is 0 Å². The third-order valence-electron chi connectivity index (χ3n) is 6.86. The summed E-state index contributed by atoms with van der Waals surface area (Å²) in [5, 5.41) is 22.3. The van der Waals surface area contributed by atoms with Gasteiger partial charge in [-0.3, -0.25) is 4.79 Å². The second-order valence-electron chi connectivity index (χ2n) is 11.0. The van der Waals surface area contributed by atoms with Gasteiger partial charge in [-0.15, -0.1) is 0 Å². The number of carboxylic acids is 1. The Bertz CT molecular complexity index is 1390. The van der Waals surface area contributed by atoms with Crippen LogP contribution in [0.5, 0.6) is 0 Å². The number of aryl methyl sites for hydroxylation is 3. The van der Waals surface area contributed by atoms with Crippen molar-refractivity contribution in [3.63, 3.8) is 0 Å². The number of hydrogen-bond acceptors (Lipinski definition) is 6. The van der Waals surface area contributed by atoms with Gasteiger partial charge < -0.3 is 19.3 Å². The fraction of sp³-hybridized carbons (Fsp3) is 0.452. The topological polar surface area (TPSA) is 99.6 Å². The Hall–Kier alpha value is -3.84. The normalized spacial score (nSPS) is 11.9. The highest BCUT2D eigenvalue weighted by Gasteiger charge is 2.34. The number of benzene rings is 2. The number of rotatable bonds is 13. The monoisotopic (exact) mass is 571 g/mol. The highest BCUT2D eigenvalue weighted by molar-refractivity contribution is 5.76. The van der Waals surface area contributed by atoms with Crippen molar-refractivity contribution in [2.75, 3.05) is 24.7 Å². The lowest BCUT2D eigenvalue weighted by atomic mass is 9.91. The van der Waals surface area contributed by atoms with Crippen LogP contribution in [-0.4, -0.2) is 36.0 Å². The molecule has 0 atom stereocenters. The first-order valence-electron chi connectivity index (χ1n) is 13.5. The minimum absolute atomic E-state index is 0.0127. The number of nitriles is 1. The lowest BCUT2D eigenvalue weighted by Crippen LogP contribution is -2.23. The van der Waals surface area contributed by atoms with Crippen LogP contribution < -0.4 is 4.90 Å². The molecule has 2 aromatic carbocycles. The molecule has 0 saturated heterocycles. The average molecular weight is 572 g/mol. The number of carboxylic acid groups (broad SMARTS) is 1. The van der Waals surface area contributed by atoms with E-state index in [2.05, 4.69) is 5.16 Å². The van der Waals surface area contributed by atoms with Crippen LogP contribution in [0.2, 0.25) is 0 Å². The van der Waals surface area contributed by atoms with Crippen LogP contribution >= 0.6 is 0 Å². The minimum atomic E-state index is -4.67. The first-order chi connectivity index (χ1) is 19.2. The van der Waals surface area contributed by atoms with Gasteiger partial charge in [0.05, 0.1) is 35.9 Å². The molecule has 3 aromatic rings. The molecule has 0 aliphatic carbocycles. The van der Waals surface area contributed by atoms with E-state index in [0.29, 0.717) is 43.3 Å². The number of alkyl halides is 3. The first kappa shape index (κ1) is 31.7. The number of aliphatic carboxylic acids is 1. The highest BCUT2D eigenvalue weighted by Crippen LogP contribution is 2.39. The van der Waals surface area contributed by atoms with Crippen molar-refractivity contribution in [1.82, 2.24) is 5.16 Å². The molecule has 0 bridgehead atoms.